The number of rotatable bonds is 6. The van der Waals surface area contributed by atoms with Crippen molar-refractivity contribution in [2.45, 2.75) is 13.5 Å². The molecule has 30 heavy (non-hydrogen) atoms. The maximum absolute atomic E-state index is 12.6. The van der Waals surface area contributed by atoms with Crippen molar-refractivity contribution in [2.75, 3.05) is 5.32 Å². The first-order valence-electron chi connectivity index (χ1n) is 9.12. The topological polar surface area (TPSA) is 62.1 Å². The first-order valence-corrected chi connectivity index (χ1v) is 10.3. The fourth-order valence-electron chi connectivity index (χ4n) is 2.68. The number of aryl methyl sites for hydroxylation is 1. The summed E-state index contributed by atoms with van der Waals surface area (Å²) < 4.78 is 6.89. The largest absolute Gasteiger partial charge is 0.488 e. The second-order valence-corrected chi connectivity index (χ2v) is 7.77. The molecule has 150 valence electrons. The Balaban J connectivity index is 1.80. The van der Waals surface area contributed by atoms with Crippen LogP contribution in [0.3, 0.4) is 0 Å². The Labute approximate surface area is 188 Å². The van der Waals surface area contributed by atoms with Crippen molar-refractivity contribution in [1.82, 2.24) is 0 Å². The SMILES string of the molecule is Cc1ccc(NC(=O)/C(C#N)=C/c2ccccc2OCc2ccccc2Br)cc1Cl. The Hall–Kier alpha value is -3.07. The molecule has 3 aromatic rings. The van der Waals surface area contributed by atoms with Crippen LogP contribution in [0.4, 0.5) is 5.69 Å². The van der Waals surface area contributed by atoms with Crippen LogP contribution in [-0.4, -0.2) is 5.91 Å². The summed E-state index contributed by atoms with van der Waals surface area (Å²) in [6, 6.07) is 22.2. The molecule has 1 N–H and O–H groups in total. The lowest BCUT2D eigenvalue weighted by molar-refractivity contribution is -0.112. The average molecular weight is 482 g/mol. The molecule has 0 heterocycles. The van der Waals surface area contributed by atoms with E-state index in [0.717, 1.165) is 15.6 Å². The Bertz CT molecular complexity index is 1150. The van der Waals surface area contributed by atoms with Gasteiger partial charge in [0.05, 0.1) is 0 Å². The Morgan fingerprint density at radius 2 is 1.90 bits per heavy atom. The van der Waals surface area contributed by atoms with Gasteiger partial charge in [-0.2, -0.15) is 5.26 Å². The van der Waals surface area contributed by atoms with Crippen LogP contribution in [0.2, 0.25) is 5.02 Å². The van der Waals surface area contributed by atoms with Gasteiger partial charge in [0.1, 0.15) is 24.0 Å². The predicted octanol–water partition coefficient (Wildman–Crippen LogP) is 6.54. The zero-order valence-electron chi connectivity index (χ0n) is 16.2. The van der Waals surface area contributed by atoms with E-state index in [9.17, 15) is 10.1 Å². The molecule has 4 nitrogen and oxygen atoms in total. The number of nitrogens with one attached hydrogen (secondary N) is 1. The van der Waals surface area contributed by atoms with Crippen LogP contribution >= 0.6 is 27.5 Å². The number of benzene rings is 3. The molecule has 0 aliphatic heterocycles. The Morgan fingerprint density at radius 1 is 1.17 bits per heavy atom. The Morgan fingerprint density at radius 3 is 2.63 bits per heavy atom. The summed E-state index contributed by atoms with van der Waals surface area (Å²) in [5, 5.41) is 12.8. The molecule has 0 saturated carbocycles. The van der Waals surface area contributed by atoms with Gasteiger partial charge < -0.3 is 10.1 Å². The van der Waals surface area contributed by atoms with Gasteiger partial charge >= 0.3 is 0 Å². The third-order valence-electron chi connectivity index (χ3n) is 4.35. The molecule has 0 aromatic heterocycles. The minimum atomic E-state index is -0.516. The second kappa shape index (κ2) is 10.1. The van der Waals surface area contributed by atoms with Crippen LogP contribution in [0, 0.1) is 18.3 Å². The smallest absolute Gasteiger partial charge is 0.266 e. The number of carbonyl (C=O) groups excluding carboxylic acids is 1. The zero-order valence-corrected chi connectivity index (χ0v) is 18.5. The molecule has 0 atom stereocenters. The number of hydrogen-bond donors (Lipinski definition) is 1. The zero-order chi connectivity index (χ0) is 21.5. The lowest BCUT2D eigenvalue weighted by atomic mass is 10.1. The standard InChI is InChI=1S/C24H18BrClN2O2/c1-16-10-11-20(13-22(16)26)28-24(29)19(14-27)12-17-6-3-5-9-23(17)30-15-18-7-2-4-8-21(18)25/h2-13H,15H2,1H3,(H,28,29)/b19-12+. The molecular weight excluding hydrogens is 464 g/mol. The second-order valence-electron chi connectivity index (χ2n) is 6.51. The molecule has 3 aromatic carbocycles. The van der Waals surface area contributed by atoms with E-state index in [2.05, 4.69) is 21.2 Å². The van der Waals surface area contributed by atoms with Crippen LogP contribution in [-0.2, 0) is 11.4 Å². The fraction of sp³-hybridized carbons (Fsp3) is 0.0833. The molecule has 1 amide bonds. The van der Waals surface area contributed by atoms with E-state index >= 15 is 0 Å². The molecule has 0 fully saturated rings. The number of carbonyl (C=O) groups is 1. The highest BCUT2D eigenvalue weighted by atomic mass is 79.9. The van der Waals surface area contributed by atoms with Gasteiger partial charge in [0, 0.05) is 26.3 Å². The first kappa shape index (κ1) is 21.6. The van der Waals surface area contributed by atoms with E-state index < -0.39 is 5.91 Å². The number of para-hydroxylation sites is 1. The van der Waals surface area contributed by atoms with E-state index in [0.29, 0.717) is 28.6 Å². The van der Waals surface area contributed by atoms with E-state index in [4.69, 9.17) is 16.3 Å². The van der Waals surface area contributed by atoms with Gasteiger partial charge in [0.2, 0.25) is 0 Å². The number of nitrogens with zero attached hydrogens (tertiary/aromatic N) is 1. The number of anilines is 1. The highest BCUT2D eigenvalue weighted by Crippen LogP contribution is 2.25. The average Bonchev–Trinajstić information content (AvgIpc) is 2.74. The number of ether oxygens (including phenoxy) is 1. The summed E-state index contributed by atoms with van der Waals surface area (Å²) in [6.07, 6.45) is 1.51. The van der Waals surface area contributed by atoms with Gasteiger partial charge in [0.15, 0.2) is 0 Å². The fourth-order valence-corrected chi connectivity index (χ4v) is 3.26. The lowest BCUT2D eigenvalue weighted by Crippen LogP contribution is -2.13. The van der Waals surface area contributed by atoms with Crippen molar-refractivity contribution in [3.63, 3.8) is 0 Å². The molecule has 0 aliphatic rings. The molecule has 0 radical (unpaired) electrons. The molecule has 6 heteroatoms. The molecule has 0 aliphatic carbocycles. The molecule has 3 rings (SSSR count). The summed E-state index contributed by atoms with van der Waals surface area (Å²) in [5.74, 6) is 0.0604. The molecule has 0 saturated heterocycles. The van der Waals surface area contributed by atoms with Crippen molar-refractivity contribution < 1.29 is 9.53 Å². The van der Waals surface area contributed by atoms with E-state index in [-0.39, 0.29) is 5.57 Å². The quantitative estimate of drug-likeness (QED) is 0.321. The monoisotopic (exact) mass is 480 g/mol. The minimum absolute atomic E-state index is 0.0383. The van der Waals surface area contributed by atoms with Gasteiger partial charge in [-0.3, -0.25) is 4.79 Å². The first-order chi connectivity index (χ1) is 14.5. The molecule has 0 bridgehead atoms. The van der Waals surface area contributed by atoms with Crippen LogP contribution in [0.5, 0.6) is 5.75 Å². The van der Waals surface area contributed by atoms with Crippen molar-refractivity contribution in [3.8, 4) is 11.8 Å². The normalized spacial score (nSPS) is 10.9. The van der Waals surface area contributed by atoms with Crippen LogP contribution < -0.4 is 10.1 Å². The highest BCUT2D eigenvalue weighted by molar-refractivity contribution is 9.10. The van der Waals surface area contributed by atoms with E-state index in [1.54, 1.807) is 30.3 Å². The van der Waals surface area contributed by atoms with Gasteiger partial charge in [-0.15, -0.1) is 0 Å². The van der Waals surface area contributed by atoms with Gasteiger partial charge in [-0.1, -0.05) is 70.0 Å². The van der Waals surface area contributed by atoms with E-state index in [1.165, 1.54) is 6.08 Å². The third-order valence-corrected chi connectivity index (χ3v) is 5.54. The highest BCUT2D eigenvalue weighted by Gasteiger charge is 2.12. The number of nitriles is 1. The van der Waals surface area contributed by atoms with Crippen molar-refractivity contribution in [1.29, 1.82) is 5.26 Å². The van der Waals surface area contributed by atoms with Gasteiger partial charge in [-0.05, 0) is 42.8 Å². The van der Waals surface area contributed by atoms with Crippen molar-refractivity contribution >= 4 is 45.2 Å². The van der Waals surface area contributed by atoms with E-state index in [1.807, 2.05) is 49.4 Å². The number of halogens is 2. The number of hydrogen-bond acceptors (Lipinski definition) is 3. The van der Waals surface area contributed by atoms with Crippen molar-refractivity contribution in [2.24, 2.45) is 0 Å². The summed E-state index contributed by atoms with van der Waals surface area (Å²) in [5.41, 5.74) is 3.02. The molecule has 0 spiro atoms. The lowest BCUT2D eigenvalue weighted by Gasteiger charge is -2.11. The summed E-state index contributed by atoms with van der Waals surface area (Å²) >= 11 is 9.61. The Kier molecular flexibility index (Phi) is 7.29. The molecular formula is C24H18BrClN2O2. The summed E-state index contributed by atoms with van der Waals surface area (Å²) in [4.78, 5) is 12.6. The summed E-state index contributed by atoms with van der Waals surface area (Å²) in [6.45, 7) is 2.22. The molecule has 0 unspecified atom stereocenters. The van der Waals surface area contributed by atoms with Crippen LogP contribution in [0.15, 0.2) is 76.8 Å². The minimum Gasteiger partial charge on any atom is -0.488 e. The maximum Gasteiger partial charge on any atom is 0.266 e. The number of amides is 1. The summed E-state index contributed by atoms with van der Waals surface area (Å²) in [7, 11) is 0. The predicted molar refractivity (Wildman–Crippen MR) is 123 cm³/mol. The third kappa shape index (κ3) is 5.50. The van der Waals surface area contributed by atoms with Crippen molar-refractivity contribution in [3.05, 3.63) is 98.5 Å². The van der Waals surface area contributed by atoms with Gasteiger partial charge in [0.25, 0.3) is 5.91 Å². The van der Waals surface area contributed by atoms with Crippen LogP contribution in [0.25, 0.3) is 6.08 Å². The van der Waals surface area contributed by atoms with Gasteiger partial charge in [-0.25, -0.2) is 0 Å². The maximum atomic E-state index is 12.6. The van der Waals surface area contributed by atoms with Crippen LogP contribution in [0.1, 0.15) is 16.7 Å².